The van der Waals surface area contributed by atoms with E-state index in [4.69, 9.17) is 0 Å². The Kier molecular flexibility index (Phi) is 1.85. The van der Waals surface area contributed by atoms with Gasteiger partial charge in [-0.3, -0.25) is 0 Å². The first kappa shape index (κ1) is 7.98. The van der Waals surface area contributed by atoms with E-state index in [1.807, 2.05) is 6.92 Å². The van der Waals surface area contributed by atoms with Crippen molar-refractivity contribution in [2.75, 3.05) is 0 Å². The molecule has 0 fully saturated rings. The van der Waals surface area contributed by atoms with Crippen LogP contribution in [-0.2, 0) is 0 Å². The lowest BCUT2D eigenvalue weighted by atomic mass is 10.3. The van der Waals surface area contributed by atoms with Crippen LogP contribution in [0.3, 0.4) is 0 Å². The average Bonchev–Trinajstić information content (AvgIpc) is 2.53. The molecule has 0 bridgehead atoms. The van der Waals surface area contributed by atoms with Crippen molar-refractivity contribution < 1.29 is 4.39 Å². The first-order valence-corrected chi connectivity index (χ1v) is 4.03. The highest BCUT2D eigenvalue weighted by Gasteiger charge is 2.02. The van der Waals surface area contributed by atoms with Gasteiger partial charge < -0.3 is 4.57 Å². The summed E-state index contributed by atoms with van der Waals surface area (Å²) in [5.74, 6) is -0.236. The van der Waals surface area contributed by atoms with Crippen molar-refractivity contribution in [2.24, 2.45) is 0 Å². The van der Waals surface area contributed by atoms with E-state index >= 15 is 0 Å². The van der Waals surface area contributed by atoms with Crippen LogP contribution in [0.15, 0.2) is 36.8 Å². The number of hydrogen-bond acceptors (Lipinski definition) is 1. The number of aryl methyl sites for hydroxylation is 1. The smallest absolute Gasteiger partial charge is 0.147 e. The van der Waals surface area contributed by atoms with Gasteiger partial charge in [-0.25, -0.2) is 9.37 Å². The van der Waals surface area contributed by atoms with Gasteiger partial charge in [0.15, 0.2) is 0 Å². The molecule has 0 unspecified atom stereocenters. The summed E-state index contributed by atoms with van der Waals surface area (Å²) in [7, 11) is 0. The molecule has 0 amide bonds. The van der Waals surface area contributed by atoms with Crippen LogP contribution < -0.4 is 0 Å². The van der Waals surface area contributed by atoms with E-state index in [2.05, 4.69) is 4.98 Å². The predicted molar refractivity (Wildman–Crippen MR) is 48.3 cm³/mol. The third kappa shape index (κ3) is 1.45. The van der Waals surface area contributed by atoms with Crippen LogP contribution in [0, 0.1) is 12.7 Å². The van der Waals surface area contributed by atoms with Crippen LogP contribution in [0.2, 0.25) is 0 Å². The number of nitrogens with zero attached hydrogens (tertiary/aromatic N) is 2. The molecule has 3 heteroatoms. The molecule has 66 valence electrons. The summed E-state index contributed by atoms with van der Waals surface area (Å²) in [4.78, 5) is 4.03. The van der Waals surface area contributed by atoms with Gasteiger partial charge in [-0.2, -0.15) is 0 Å². The van der Waals surface area contributed by atoms with Crippen LogP contribution in [0.1, 0.15) is 5.69 Å². The van der Waals surface area contributed by atoms with Crippen molar-refractivity contribution in [3.8, 4) is 5.69 Å². The molecule has 13 heavy (non-hydrogen) atoms. The van der Waals surface area contributed by atoms with E-state index in [1.165, 1.54) is 6.07 Å². The number of rotatable bonds is 1. The summed E-state index contributed by atoms with van der Waals surface area (Å²) in [6.07, 6.45) is 3.40. The number of benzene rings is 1. The molecule has 0 N–H and O–H groups in total. The van der Waals surface area contributed by atoms with Gasteiger partial charge in [0.05, 0.1) is 17.7 Å². The number of halogens is 1. The highest BCUT2D eigenvalue weighted by atomic mass is 19.1. The lowest BCUT2D eigenvalue weighted by Crippen LogP contribution is -1.93. The molecule has 1 aromatic carbocycles. The molecular formula is C10H9FN2. The lowest BCUT2D eigenvalue weighted by Gasteiger charge is -2.01. The molecule has 0 radical (unpaired) electrons. The first-order valence-electron chi connectivity index (χ1n) is 4.03. The minimum absolute atomic E-state index is 0.236. The summed E-state index contributed by atoms with van der Waals surface area (Å²) < 4.78 is 14.9. The fourth-order valence-electron chi connectivity index (χ4n) is 1.21. The quantitative estimate of drug-likeness (QED) is 0.652. The van der Waals surface area contributed by atoms with Gasteiger partial charge in [-0.05, 0) is 19.1 Å². The maximum absolute atomic E-state index is 13.2. The van der Waals surface area contributed by atoms with Gasteiger partial charge in [0.25, 0.3) is 0 Å². The van der Waals surface area contributed by atoms with Crippen molar-refractivity contribution in [2.45, 2.75) is 6.92 Å². The zero-order valence-corrected chi connectivity index (χ0v) is 7.24. The maximum atomic E-state index is 13.2. The van der Waals surface area contributed by atoms with Crippen molar-refractivity contribution in [1.82, 2.24) is 9.55 Å². The Morgan fingerprint density at radius 3 is 2.69 bits per heavy atom. The van der Waals surface area contributed by atoms with E-state index in [0.717, 1.165) is 5.69 Å². The first-order chi connectivity index (χ1) is 6.27. The minimum atomic E-state index is -0.236. The minimum Gasteiger partial charge on any atom is -0.303 e. The zero-order valence-electron chi connectivity index (χ0n) is 7.24. The fraction of sp³-hybridized carbons (Fsp3) is 0.100. The standard InChI is InChI=1S/C10H9FN2/c1-8-6-13(7-12-8)10-5-3-2-4-9(10)11/h2-7H,1H3. The van der Waals surface area contributed by atoms with E-state index < -0.39 is 0 Å². The van der Waals surface area contributed by atoms with Crippen molar-refractivity contribution in [1.29, 1.82) is 0 Å². The topological polar surface area (TPSA) is 17.8 Å². The predicted octanol–water partition coefficient (Wildman–Crippen LogP) is 2.32. The van der Waals surface area contributed by atoms with Gasteiger partial charge in [-0.1, -0.05) is 12.1 Å². The van der Waals surface area contributed by atoms with Gasteiger partial charge in [0, 0.05) is 6.20 Å². The summed E-state index contributed by atoms with van der Waals surface area (Å²) >= 11 is 0. The molecule has 2 rings (SSSR count). The Bertz CT molecular complexity index is 420. The van der Waals surface area contributed by atoms with Gasteiger partial charge in [-0.15, -0.1) is 0 Å². The van der Waals surface area contributed by atoms with E-state index in [0.29, 0.717) is 5.69 Å². The van der Waals surface area contributed by atoms with Crippen molar-refractivity contribution >= 4 is 0 Å². The Balaban J connectivity index is 2.52. The second-order valence-corrected chi connectivity index (χ2v) is 2.87. The molecule has 0 aliphatic carbocycles. The van der Waals surface area contributed by atoms with Crippen molar-refractivity contribution in [3.63, 3.8) is 0 Å². The highest BCUT2D eigenvalue weighted by Crippen LogP contribution is 2.12. The zero-order chi connectivity index (χ0) is 9.26. The molecule has 0 saturated heterocycles. The second-order valence-electron chi connectivity index (χ2n) is 2.87. The normalized spacial score (nSPS) is 10.3. The molecule has 0 aliphatic heterocycles. The summed E-state index contributed by atoms with van der Waals surface area (Å²) in [6, 6.07) is 6.62. The maximum Gasteiger partial charge on any atom is 0.147 e. The van der Waals surface area contributed by atoms with Crippen LogP contribution >= 0.6 is 0 Å². The van der Waals surface area contributed by atoms with Gasteiger partial charge in [0.1, 0.15) is 5.82 Å². The fourth-order valence-corrected chi connectivity index (χ4v) is 1.21. The Morgan fingerprint density at radius 2 is 2.08 bits per heavy atom. The third-order valence-electron chi connectivity index (χ3n) is 1.84. The molecule has 1 aromatic heterocycles. The van der Waals surface area contributed by atoms with E-state index in [9.17, 15) is 4.39 Å². The van der Waals surface area contributed by atoms with E-state index in [1.54, 1.807) is 35.3 Å². The Hall–Kier alpha value is -1.64. The number of imidazole rings is 1. The van der Waals surface area contributed by atoms with Crippen LogP contribution in [0.25, 0.3) is 5.69 Å². The van der Waals surface area contributed by atoms with Crippen LogP contribution in [0.4, 0.5) is 4.39 Å². The van der Waals surface area contributed by atoms with Crippen LogP contribution in [-0.4, -0.2) is 9.55 Å². The molecule has 0 atom stereocenters. The van der Waals surface area contributed by atoms with Gasteiger partial charge in [0.2, 0.25) is 0 Å². The molecule has 1 heterocycles. The SMILES string of the molecule is Cc1cn(-c2ccccc2F)cn1. The third-order valence-corrected chi connectivity index (χ3v) is 1.84. The largest absolute Gasteiger partial charge is 0.303 e. The lowest BCUT2D eigenvalue weighted by molar-refractivity contribution is 0.618. The average molecular weight is 176 g/mol. The summed E-state index contributed by atoms with van der Waals surface area (Å²) in [5, 5.41) is 0. The molecule has 0 aliphatic rings. The summed E-state index contributed by atoms with van der Waals surface area (Å²) in [5.41, 5.74) is 1.41. The Labute approximate surface area is 75.7 Å². The second kappa shape index (κ2) is 3.01. The summed E-state index contributed by atoms with van der Waals surface area (Å²) in [6.45, 7) is 1.87. The van der Waals surface area contributed by atoms with Crippen molar-refractivity contribution in [3.05, 3.63) is 48.3 Å². The Morgan fingerprint density at radius 1 is 1.31 bits per heavy atom. The number of aromatic nitrogens is 2. The number of hydrogen-bond donors (Lipinski definition) is 0. The molecule has 2 nitrogen and oxygen atoms in total. The van der Waals surface area contributed by atoms with Crippen LogP contribution in [0.5, 0.6) is 0 Å². The highest BCUT2D eigenvalue weighted by molar-refractivity contribution is 5.33. The van der Waals surface area contributed by atoms with Gasteiger partial charge >= 0.3 is 0 Å². The molecule has 2 aromatic rings. The molecule has 0 spiro atoms. The van der Waals surface area contributed by atoms with E-state index in [-0.39, 0.29) is 5.82 Å². The molecule has 0 saturated carbocycles. The number of para-hydroxylation sites is 1. The monoisotopic (exact) mass is 176 g/mol. The molecular weight excluding hydrogens is 167 g/mol.